The van der Waals surface area contributed by atoms with E-state index in [9.17, 15) is 4.79 Å². The Labute approximate surface area is 98.6 Å². The van der Waals surface area contributed by atoms with Gasteiger partial charge in [0.1, 0.15) is 0 Å². The molecule has 2 aliphatic rings. The first-order chi connectivity index (χ1) is 7.77. The fourth-order valence-corrected chi connectivity index (χ4v) is 3.04. The Morgan fingerprint density at radius 1 is 1.25 bits per heavy atom. The Balaban J connectivity index is 1.61. The average molecular weight is 224 g/mol. The second-order valence-electron chi connectivity index (χ2n) is 5.34. The summed E-state index contributed by atoms with van der Waals surface area (Å²) in [5, 5.41) is 3.11. The summed E-state index contributed by atoms with van der Waals surface area (Å²) < 4.78 is 0. The van der Waals surface area contributed by atoms with Crippen molar-refractivity contribution >= 4 is 5.91 Å². The minimum absolute atomic E-state index is 0.304. The van der Waals surface area contributed by atoms with Gasteiger partial charge < -0.3 is 10.2 Å². The van der Waals surface area contributed by atoms with Gasteiger partial charge in [-0.25, -0.2) is 0 Å². The number of rotatable bonds is 4. The van der Waals surface area contributed by atoms with Gasteiger partial charge in [-0.15, -0.1) is 0 Å². The van der Waals surface area contributed by atoms with E-state index in [1.165, 1.54) is 32.2 Å². The number of nitrogens with zero attached hydrogens (tertiary/aromatic N) is 1. The number of carbonyl (C=O) groups excluding carboxylic acids is 1. The van der Waals surface area contributed by atoms with Gasteiger partial charge in [-0.3, -0.25) is 4.79 Å². The highest BCUT2D eigenvalue weighted by Gasteiger charge is 2.23. The smallest absolute Gasteiger partial charge is 0.223 e. The molecule has 0 spiro atoms. The molecule has 0 aromatic carbocycles. The average Bonchev–Trinajstić information content (AvgIpc) is 2.90. The highest BCUT2D eigenvalue weighted by atomic mass is 16.1. The molecular weight excluding hydrogens is 200 g/mol. The Bertz CT molecular complexity index is 236. The molecule has 3 nitrogen and oxygen atoms in total. The third kappa shape index (κ3) is 2.97. The Morgan fingerprint density at radius 3 is 2.62 bits per heavy atom. The van der Waals surface area contributed by atoms with Crippen molar-refractivity contribution in [2.75, 3.05) is 20.1 Å². The Morgan fingerprint density at radius 2 is 2.00 bits per heavy atom. The number of hydrogen-bond donors (Lipinski definition) is 1. The summed E-state index contributed by atoms with van der Waals surface area (Å²) in [4.78, 5) is 14.2. The standard InChI is InChI=1S/C13H24N2O/c1-15-10-4-7-12(15)8-9-14-13(16)11-5-2-3-6-11/h11-12H,2-10H2,1H3,(H,14,16). The van der Waals surface area contributed by atoms with Crippen LogP contribution < -0.4 is 5.32 Å². The van der Waals surface area contributed by atoms with Crippen LogP contribution >= 0.6 is 0 Å². The first-order valence-electron chi connectivity index (χ1n) is 6.75. The number of amides is 1. The summed E-state index contributed by atoms with van der Waals surface area (Å²) >= 11 is 0. The van der Waals surface area contributed by atoms with Crippen LogP contribution in [0.3, 0.4) is 0 Å². The molecule has 1 amide bonds. The number of nitrogens with one attached hydrogen (secondary N) is 1. The molecule has 1 heterocycles. The third-order valence-electron chi connectivity index (χ3n) is 4.17. The summed E-state index contributed by atoms with van der Waals surface area (Å²) in [5.41, 5.74) is 0. The molecular formula is C13H24N2O. The zero-order valence-corrected chi connectivity index (χ0v) is 10.4. The predicted molar refractivity (Wildman–Crippen MR) is 65.2 cm³/mol. The fraction of sp³-hybridized carbons (Fsp3) is 0.923. The summed E-state index contributed by atoms with van der Waals surface area (Å²) in [6.45, 7) is 2.09. The summed E-state index contributed by atoms with van der Waals surface area (Å²) in [6.07, 6.45) is 8.43. The van der Waals surface area contributed by atoms with Crippen molar-refractivity contribution in [3.05, 3.63) is 0 Å². The van der Waals surface area contributed by atoms with Gasteiger partial charge in [0.15, 0.2) is 0 Å². The van der Waals surface area contributed by atoms with Gasteiger partial charge in [-0.2, -0.15) is 0 Å². The fourth-order valence-electron chi connectivity index (χ4n) is 3.04. The highest BCUT2D eigenvalue weighted by Crippen LogP contribution is 2.24. The molecule has 1 aliphatic heterocycles. The van der Waals surface area contributed by atoms with Crippen molar-refractivity contribution in [3.63, 3.8) is 0 Å². The van der Waals surface area contributed by atoms with E-state index in [1.807, 2.05) is 0 Å². The second kappa shape index (κ2) is 5.67. The van der Waals surface area contributed by atoms with Crippen LogP contribution in [0, 0.1) is 5.92 Å². The lowest BCUT2D eigenvalue weighted by molar-refractivity contribution is -0.124. The number of hydrogen-bond acceptors (Lipinski definition) is 2. The zero-order valence-electron chi connectivity index (χ0n) is 10.4. The normalized spacial score (nSPS) is 27.4. The van der Waals surface area contributed by atoms with Crippen LogP contribution in [0.1, 0.15) is 44.9 Å². The van der Waals surface area contributed by atoms with Crippen molar-refractivity contribution in [1.29, 1.82) is 0 Å². The first-order valence-corrected chi connectivity index (χ1v) is 6.75. The van der Waals surface area contributed by atoms with Crippen molar-refractivity contribution in [3.8, 4) is 0 Å². The van der Waals surface area contributed by atoms with E-state index in [0.717, 1.165) is 25.8 Å². The summed E-state index contributed by atoms with van der Waals surface area (Å²) in [6, 6.07) is 0.698. The SMILES string of the molecule is CN1CCCC1CCNC(=O)C1CCCC1. The maximum Gasteiger partial charge on any atom is 0.223 e. The minimum Gasteiger partial charge on any atom is -0.356 e. The third-order valence-corrected chi connectivity index (χ3v) is 4.17. The van der Waals surface area contributed by atoms with E-state index >= 15 is 0 Å². The van der Waals surface area contributed by atoms with Gasteiger partial charge in [-0.1, -0.05) is 12.8 Å². The lowest BCUT2D eigenvalue weighted by Gasteiger charge is -2.19. The van der Waals surface area contributed by atoms with Crippen molar-refractivity contribution in [1.82, 2.24) is 10.2 Å². The van der Waals surface area contributed by atoms with E-state index in [0.29, 0.717) is 17.9 Å². The first kappa shape index (κ1) is 11.9. The Kier molecular flexibility index (Phi) is 4.22. The molecule has 1 atom stereocenters. The van der Waals surface area contributed by atoms with Crippen LogP contribution in [0.15, 0.2) is 0 Å². The maximum absolute atomic E-state index is 11.8. The molecule has 0 radical (unpaired) electrons. The van der Waals surface area contributed by atoms with Crippen LogP contribution in [0.2, 0.25) is 0 Å². The lowest BCUT2D eigenvalue weighted by Crippen LogP contribution is -2.34. The Hall–Kier alpha value is -0.570. The van der Waals surface area contributed by atoms with Crippen LogP contribution in [-0.2, 0) is 4.79 Å². The van der Waals surface area contributed by atoms with Crippen molar-refractivity contribution < 1.29 is 4.79 Å². The van der Waals surface area contributed by atoms with Crippen LogP contribution in [0.4, 0.5) is 0 Å². The number of carbonyl (C=O) groups is 1. The van der Waals surface area contributed by atoms with Gasteiger partial charge in [0, 0.05) is 18.5 Å². The zero-order chi connectivity index (χ0) is 11.4. The molecule has 1 saturated carbocycles. The molecule has 0 bridgehead atoms. The molecule has 2 fully saturated rings. The molecule has 0 aromatic heterocycles. The minimum atomic E-state index is 0.304. The largest absolute Gasteiger partial charge is 0.356 e. The van der Waals surface area contributed by atoms with Crippen LogP contribution in [0.25, 0.3) is 0 Å². The van der Waals surface area contributed by atoms with Gasteiger partial charge in [0.05, 0.1) is 0 Å². The van der Waals surface area contributed by atoms with E-state index in [2.05, 4.69) is 17.3 Å². The molecule has 1 N–H and O–H groups in total. The van der Waals surface area contributed by atoms with E-state index in [4.69, 9.17) is 0 Å². The van der Waals surface area contributed by atoms with Gasteiger partial charge in [0.2, 0.25) is 5.91 Å². The molecule has 3 heteroatoms. The van der Waals surface area contributed by atoms with Crippen molar-refractivity contribution in [2.45, 2.75) is 51.0 Å². The van der Waals surface area contributed by atoms with E-state index in [-0.39, 0.29) is 0 Å². The molecule has 2 rings (SSSR count). The topological polar surface area (TPSA) is 32.3 Å². The molecule has 1 aliphatic carbocycles. The van der Waals surface area contributed by atoms with Crippen molar-refractivity contribution in [2.24, 2.45) is 5.92 Å². The van der Waals surface area contributed by atoms with Gasteiger partial charge in [-0.05, 0) is 45.7 Å². The second-order valence-corrected chi connectivity index (χ2v) is 5.34. The van der Waals surface area contributed by atoms with Gasteiger partial charge in [0.25, 0.3) is 0 Å². The van der Waals surface area contributed by atoms with Gasteiger partial charge >= 0.3 is 0 Å². The molecule has 92 valence electrons. The molecule has 0 aromatic rings. The highest BCUT2D eigenvalue weighted by molar-refractivity contribution is 5.78. The monoisotopic (exact) mass is 224 g/mol. The number of likely N-dealkylation sites (tertiary alicyclic amines) is 1. The van der Waals surface area contributed by atoms with Crippen LogP contribution in [0.5, 0.6) is 0 Å². The lowest BCUT2D eigenvalue weighted by atomic mass is 10.1. The molecule has 1 saturated heterocycles. The predicted octanol–water partition coefficient (Wildman–Crippen LogP) is 1.78. The van der Waals surface area contributed by atoms with E-state index < -0.39 is 0 Å². The van der Waals surface area contributed by atoms with E-state index in [1.54, 1.807) is 0 Å². The summed E-state index contributed by atoms with van der Waals surface area (Å²) in [5.74, 6) is 0.624. The van der Waals surface area contributed by atoms with Crippen LogP contribution in [-0.4, -0.2) is 37.0 Å². The quantitative estimate of drug-likeness (QED) is 0.789. The summed E-state index contributed by atoms with van der Waals surface area (Å²) in [7, 11) is 2.19. The molecule has 1 unspecified atom stereocenters. The maximum atomic E-state index is 11.8. The molecule has 16 heavy (non-hydrogen) atoms.